The Bertz CT molecular complexity index is 659. The van der Waals surface area contributed by atoms with Gasteiger partial charge in [0, 0.05) is 24.0 Å². The van der Waals surface area contributed by atoms with Gasteiger partial charge in [0.2, 0.25) is 5.91 Å². The molecule has 1 aromatic carbocycles. The van der Waals surface area contributed by atoms with Crippen LogP contribution in [0, 0.1) is 5.92 Å². The first-order chi connectivity index (χ1) is 11.2. The summed E-state index contributed by atoms with van der Waals surface area (Å²) >= 11 is 0. The van der Waals surface area contributed by atoms with Gasteiger partial charge in [0.05, 0.1) is 0 Å². The Labute approximate surface area is 137 Å². The molecule has 2 aliphatic carbocycles. The van der Waals surface area contributed by atoms with E-state index < -0.39 is 0 Å². The molecule has 0 aromatic heterocycles. The van der Waals surface area contributed by atoms with Crippen LogP contribution in [0.25, 0.3) is 0 Å². The lowest BCUT2D eigenvalue weighted by Gasteiger charge is -2.45. The molecule has 1 unspecified atom stereocenters. The summed E-state index contributed by atoms with van der Waals surface area (Å²) in [7, 11) is 0. The predicted octanol–water partition coefficient (Wildman–Crippen LogP) is 3.59. The number of benzene rings is 1. The predicted molar refractivity (Wildman–Crippen MR) is 88.7 cm³/mol. The topological polar surface area (TPSA) is 37.4 Å². The largest absolute Gasteiger partial charge is 0.278 e. The summed E-state index contributed by atoms with van der Waals surface area (Å²) < 4.78 is 0. The summed E-state index contributed by atoms with van der Waals surface area (Å²) in [5.74, 6) is 0.512. The molecule has 0 spiro atoms. The number of allylic oxidation sites excluding steroid dienone is 1. The van der Waals surface area contributed by atoms with Crippen LogP contribution in [-0.4, -0.2) is 23.3 Å². The summed E-state index contributed by atoms with van der Waals surface area (Å²) in [5.41, 5.74) is 1.61. The molecule has 1 saturated carbocycles. The third-order valence-corrected chi connectivity index (χ3v) is 5.89. The van der Waals surface area contributed by atoms with Crippen LogP contribution in [0.4, 0.5) is 0 Å². The zero-order valence-electron chi connectivity index (χ0n) is 13.5. The number of carbonyl (C=O) groups is 2. The van der Waals surface area contributed by atoms with E-state index in [4.69, 9.17) is 0 Å². The maximum absolute atomic E-state index is 13.1. The summed E-state index contributed by atoms with van der Waals surface area (Å²) in [6.07, 6.45) is 8.97. The van der Waals surface area contributed by atoms with Gasteiger partial charge in [-0.3, -0.25) is 14.5 Å². The first-order valence-corrected chi connectivity index (χ1v) is 8.81. The number of piperidine rings is 1. The molecule has 23 heavy (non-hydrogen) atoms. The molecule has 1 aromatic rings. The maximum Gasteiger partial charge on any atom is 0.256 e. The Morgan fingerprint density at radius 3 is 2.57 bits per heavy atom. The van der Waals surface area contributed by atoms with Crippen molar-refractivity contribution in [1.82, 2.24) is 4.90 Å². The van der Waals surface area contributed by atoms with Crippen molar-refractivity contribution in [3.05, 3.63) is 47.5 Å². The van der Waals surface area contributed by atoms with Gasteiger partial charge in [0.15, 0.2) is 0 Å². The van der Waals surface area contributed by atoms with E-state index in [-0.39, 0.29) is 17.2 Å². The van der Waals surface area contributed by atoms with Gasteiger partial charge in [-0.15, -0.1) is 0 Å². The fraction of sp³-hybridized carbons (Fsp3) is 0.500. The Morgan fingerprint density at radius 1 is 1.09 bits per heavy atom. The van der Waals surface area contributed by atoms with Crippen LogP contribution in [0.3, 0.4) is 0 Å². The maximum atomic E-state index is 13.1. The smallest absolute Gasteiger partial charge is 0.256 e. The number of hydrogen-bond donors (Lipinski definition) is 0. The first-order valence-electron chi connectivity index (χ1n) is 8.81. The number of amides is 2. The van der Waals surface area contributed by atoms with E-state index >= 15 is 0 Å². The van der Waals surface area contributed by atoms with Gasteiger partial charge in [-0.05, 0) is 43.6 Å². The number of rotatable bonds is 3. The van der Waals surface area contributed by atoms with Crippen LogP contribution < -0.4 is 0 Å². The number of likely N-dealkylation sites (tertiary alicyclic amines) is 1. The van der Waals surface area contributed by atoms with Crippen LogP contribution in [0.15, 0.2) is 42.0 Å². The van der Waals surface area contributed by atoms with Gasteiger partial charge >= 0.3 is 0 Å². The zero-order chi connectivity index (χ0) is 15.9. The van der Waals surface area contributed by atoms with Crippen molar-refractivity contribution in [3.8, 4) is 0 Å². The van der Waals surface area contributed by atoms with Crippen molar-refractivity contribution in [1.29, 1.82) is 0 Å². The van der Waals surface area contributed by atoms with Gasteiger partial charge in [-0.1, -0.05) is 42.8 Å². The Kier molecular flexibility index (Phi) is 3.59. The SMILES string of the molecule is O=C1CC2(c3ccccc3)CCCC=C2C(=O)N1CC1CCC1. The van der Waals surface area contributed by atoms with Crippen molar-refractivity contribution in [2.45, 2.75) is 50.4 Å². The third-order valence-electron chi connectivity index (χ3n) is 5.89. The monoisotopic (exact) mass is 309 g/mol. The average Bonchev–Trinajstić information content (AvgIpc) is 2.54. The number of imide groups is 1. The Morgan fingerprint density at radius 2 is 1.87 bits per heavy atom. The second kappa shape index (κ2) is 5.63. The molecule has 1 heterocycles. The number of hydrogen-bond acceptors (Lipinski definition) is 2. The lowest BCUT2D eigenvalue weighted by Crippen LogP contribution is -2.54. The molecule has 3 aliphatic rings. The number of carbonyl (C=O) groups excluding carboxylic acids is 2. The molecule has 120 valence electrons. The second-order valence-corrected chi connectivity index (χ2v) is 7.24. The van der Waals surface area contributed by atoms with Gasteiger partial charge in [-0.2, -0.15) is 0 Å². The molecule has 1 aliphatic heterocycles. The molecule has 3 heteroatoms. The average molecular weight is 309 g/mol. The molecule has 1 atom stereocenters. The van der Waals surface area contributed by atoms with Crippen molar-refractivity contribution < 1.29 is 9.59 Å². The van der Waals surface area contributed by atoms with Crippen LogP contribution in [0.2, 0.25) is 0 Å². The van der Waals surface area contributed by atoms with E-state index in [2.05, 4.69) is 18.2 Å². The minimum atomic E-state index is -0.385. The molecule has 0 radical (unpaired) electrons. The zero-order valence-corrected chi connectivity index (χ0v) is 13.5. The highest BCUT2D eigenvalue weighted by Gasteiger charge is 2.49. The lowest BCUT2D eigenvalue weighted by atomic mass is 9.63. The van der Waals surface area contributed by atoms with E-state index in [0.717, 1.165) is 43.2 Å². The highest BCUT2D eigenvalue weighted by Crippen LogP contribution is 2.47. The molecule has 4 rings (SSSR count). The van der Waals surface area contributed by atoms with Gasteiger partial charge in [0.25, 0.3) is 5.91 Å². The van der Waals surface area contributed by atoms with Gasteiger partial charge < -0.3 is 0 Å². The summed E-state index contributed by atoms with van der Waals surface area (Å²) in [5, 5.41) is 0. The summed E-state index contributed by atoms with van der Waals surface area (Å²) in [6.45, 7) is 0.625. The fourth-order valence-corrected chi connectivity index (χ4v) is 4.35. The summed E-state index contributed by atoms with van der Waals surface area (Å²) in [4.78, 5) is 27.4. The second-order valence-electron chi connectivity index (χ2n) is 7.24. The van der Waals surface area contributed by atoms with Gasteiger partial charge in [0.1, 0.15) is 0 Å². The first kappa shape index (κ1) is 14.7. The van der Waals surface area contributed by atoms with Crippen LogP contribution in [-0.2, 0) is 15.0 Å². The van der Waals surface area contributed by atoms with Crippen molar-refractivity contribution in [2.24, 2.45) is 5.92 Å². The molecule has 0 bridgehead atoms. The quantitative estimate of drug-likeness (QED) is 0.800. The highest BCUT2D eigenvalue weighted by molar-refractivity contribution is 6.10. The van der Waals surface area contributed by atoms with Crippen molar-refractivity contribution in [3.63, 3.8) is 0 Å². The number of nitrogens with zero attached hydrogens (tertiary/aromatic N) is 1. The van der Waals surface area contributed by atoms with E-state index in [1.807, 2.05) is 18.2 Å². The van der Waals surface area contributed by atoms with E-state index in [1.165, 1.54) is 6.42 Å². The Hall–Kier alpha value is -1.90. The molecular formula is C20H23NO2. The van der Waals surface area contributed by atoms with Crippen molar-refractivity contribution in [2.75, 3.05) is 6.54 Å². The normalized spacial score (nSPS) is 28.2. The van der Waals surface area contributed by atoms with Gasteiger partial charge in [-0.25, -0.2) is 0 Å². The molecule has 2 amide bonds. The van der Waals surface area contributed by atoms with E-state index in [0.29, 0.717) is 18.9 Å². The molecule has 1 saturated heterocycles. The fourth-order valence-electron chi connectivity index (χ4n) is 4.35. The summed E-state index contributed by atoms with van der Waals surface area (Å²) in [6, 6.07) is 10.1. The van der Waals surface area contributed by atoms with E-state index in [1.54, 1.807) is 4.90 Å². The third kappa shape index (κ3) is 2.34. The van der Waals surface area contributed by atoms with Crippen LogP contribution >= 0.6 is 0 Å². The number of fused-ring (bicyclic) bond motifs is 1. The lowest BCUT2D eigenvalue weighted by molar-refractivity contribution is -0.148. The molecule has 2 fully saturated rings. The molecular weight excluding hydrogens is 286 g/mol. The Balaban J connectivity index is 1.71. The van der Waals surface area contributed by atoms with Crippen molar-refractivity contribution >= 4 is 11.8 Å². The van der Waals surface area contributed by atoms with Crippen LogP contribution in [0.5, 0.6) is 0 Å². The minimum absolute atomic E-state index is 0.0183. The molecule has 3 nitrogen and oxygen atoms in total. The van der Waals surface area contributed by atoms with Crippen LogP contribution in [0.1, 0.15) is 50.5 Å². The molecule has 0 N–H and O–H groups in total. The highest BCUT2D eigenvalue weighted by atomic mass is 16.2. The standard InChI is InChI=1S/C20H23NO2/c22-18-13-20(16-9-2-1-3-10-16)12-5-4-11-17(20)19(23)21(18)14-15-7-6-8-15/h1-3,9-11,15H,4-8,12-14H2. The minimum Gasteiger partial charge on any atom is -0.278 e. The van der Waals surface area contributed by atoms with E-state index in [9.17, 15) is 9.59 Å².